The zero-order valence-corrected chi connectivity index (χ0v) is 14.6. The van der Waals surface area contributed by atoms with Crippen LogP contribution < -0.4 is 10.6 Å². The first kappa shape index (κ1) is 20.5. The lowest BCUT2D eigenvalue weighted by Gasteiger charge is -2.35. The Balaban J connectivity index is 0.00000288. The molecule has 9 heteroatoms. The molecule has 2 rings (SSSR count). The fourth-order valence-electron chi connectivity index (χ4n) is 3.06. The number of rotatable bonds is 5. The molecule has 0 aromatic carbocycles. The summed E-state index contributed by atoms with van der Waals surface area (Å²) in [7, 11) is 0. The molecule has 0 unspecified atom stereocenters. The van der Waals surface area contributed by atoms with Crippen molar-refractivity contribution in [3.63, 3.8) is 0 Å². The molecule has 8 nitrogen and oxygen atoms in total. The lowest BCUT2D eigenvalue weighted by atomic mass is 9.96. The SMILES string of the molecule is Cl.O=C(O)CNC(=O)CN1CCN(C(=O)NC2CCCCC2)CC1. The number of hydrogen-bond acceptors (Lipinski definition) is 4. The normalized spacial score (nSPS) is 19.2. The van der Waals surface area contributed by atoms with E-state index < -0.39 is 5.97 Å². The molecule has 1 heterocycles. The number of piperazine rings is 1. The lowest BCUT2D eigenvalue weighted by molar-refractivity contribution is -0.138. The summed E-state index contributed by atoms with van der Waals surface area (Å²) in [6, 6.07) is 0.294. The summed E-state index contributed by atoms with van der Waals surface area (Å²) in [4.78, 5) is 37.9. The van der Waals surface area contributed by atoms with E-state index in [0.29, 0.717) is 32.2 Å². The topological polar surface area (TPSA) is 102 Å². The summed E-state index contributed by atoms with van der Waals surface area (Å²) in [6.45, 7) is 2.24. The van der Waals surface area contributed by atoms with Gasteiger partial charge in [-0.1, -0.05) is 19.3 Å². The zero-order valence-electron chi connectivity index (χ0n) is 13.8. The van der Waals surface area contributed by atoms with Gasteiger partial charge in [0.25, 0.3) is 0 Å². The summed E-state index contributed by atoms with van der Waals surface area (Å²) in [5.41, 5.74) is 0. The minimum atomic E-state index is -1.05. The van der Waals surface area contributed by atoms with Gasteiger partial charge in [-0.25, -0.2) is 4.79 Å². The fourth-order valence-corrected chi connectivity index (χ4v) is 3.06. The van der Waals surface area contributed by atoms with Crippen LogP contribution in [0.3, 0.4) is 0 Å². The Morgan fingerprint density at radius 1 is 1.00 bits per heavy atom. The predicted octanol–water partition coefficient (Wildman–Crippen LogP) is 0.269. The van der Waals surface area contributed by atoms with Gasteiger partial charge < -0.3 is 20.6 Å². The van der Waals surface area contributed by atoms with Crippen LogP contribution in [0.2, 0.25) is 0 Å². The number of carbonyl (C=O) groups excluding carboxylic acids is 2. The standard InChI is InChI=1S/C15H26N4O4.ClH/c20-13(16-10-14(21)22)11-18-6-8-19(9-7-18)15(23)17-12-4-2-1-3-5-12;/h12H,1-11H2,(H,16,20)(H,17,23)(H,21,22);1H. The van der Waals surface area contributed by atoms with E-state index in [9.17, 15) is 14.4 Å². The van der Waals surface area contributed by atoms with E-state index in [1.54, 1.807) is 4.90 Å². The fraction of sp³-hybridized carbons (Fsp3) is 0.800. The van der Waals surface area contributed by atoms with E-state index in [4.69, 9.17) is 5.11 Å². The molecule has 3 N–H and O–H groups in total. The van der Waals surface area contributed by atoms with Crippen molar-refractivity contribution >= 4 is 30.3 Å². The molecule has 1 aliphatic carbocycles. The molecule has 2 aliphatic rings. The second-order valence-electron chi connectivity index (χ2n) is 6.22. The number of nitrogens with zero attached hydrogens (tertiary/aromatic N) is 2. The van der Waals surface area contributed by atoms with Crippen molar-refractivity contribution in [2.45, 2.75) is 38.1 Å². The number of urea groups is 1. The van der Waals surface area contributed by atoms with Crippen molar-refractivity contribution in [2.24, 2.45) is 0 Å². The number of carbonyl (C=O) groups is 3. The van der Waals surface area contributed by atoms with Crippen LogP contribution >= 0.6 is 12.4 Å². The van der Waals surface area contributed by atoms with Gasteiger partial charge in [-0.05, 0) is 12.8 Å². The van der Waals surface area contributed by atoms with Crippen molar-refractivity contribution in [3.8, 4) is 0 Å². The number of carboxylic acids is 1. The van der Waals surface area contributed by atoms with Gasteiger partial charge in [-0.15, -0.1) is 12.4 Å². The van der Waals surface area contributed by atoms with Gasteiger partial charge >= 0.3 is 12.0 Å². The van der Waals surface area contributed by atoms with Crippen LogP contribution in [0, 0.1) is 0 Å². The maximum Gasteiger partial charge on any atom is 0.322 e. The monoisotopic (exact) mass is 362 g/mol. The molecular weight excluding hydrogens is 336 g/mol. The van der Waals surface area contributed by atoms with E-state index in [1.165, 1.54) is 19.3 Å². The molecule has 0 radical (unpaired) electrons. The molecule has 0 aromatic heterocycles. The third-order valence-electron chi connectivity index (χ3n) is 4.40. The quantitative estimate of drug-likeness (QED) is 0.651. The van der Waals surface area contributed by atoms with E-state index >= 15 is 0 Å². The van der Waals surface area contributed by atoms with Crippen LogP contribution in [0.15, 0.2) is 0 Å². The van der Waals surface area contributed by atoms with Crippen LogP contribution in [0.4, 0.5) is 4.79 Å². The van der Waals surface area contributed by atoms with Crippen LogP contribution in [0.25, 0.3) is 0 Å². The van der Waals surface area contributed by atoms with Crippen LogP contribution in [0.1, 0.15) is 32.1 Å². The van der Waals surface area contributed by atoms with Gasteiger partial charge in [0.2, 0.25) is 5.91 Å². The molecule has 138 valence electrons. The van der Waals surface area contributed by atoms with Gasteiger partial charge in [0.15, 0.2) is 0 Å². The number of halogens is 1. The third-order valence-corrected chi connectivity index (χ3v) is 4.40. The van der Waals surface area contributed by atoms with E-state index in [0.717, 1.165) is 12.8 Å². The summed E-state index contributed by atoms with van der Waals surface area (Å²) in [6.07, 6.45) is 5.76. The molecule has 1 aliphatic heterocycles. The second-order valence-corrected chi connectivity index (χ2v) is 6.22. The third kappa shape index (κ3) is 6.92. The Morgan fingerprint density at radius 2 is 1.62 bits per heavy atom. The highest BCUT2D eigenvalue weighted by Gasteiger charge is 2.24. The van der Waals surface area contributed by atoms with Crippen LogP contribution in [0.5, 0.6) is 0 Å². The van der Waals surface area contributed by atoms with E-state index in [-0.39, 0.29) is 37.4 Å². The van der Waals surface area contributed by atoms with Gasteiger partial charge in [-0.2, -0.15) is 0 Å². The summed E-state index contributed by atoms with van der Waals surface area (Å²) < 4.78 is 0. The number of aliphatic carboxylic acids is 1. The highest BCUT2D eigenvalue weighted by molar-refractivity contribution is 5.85. The van der Waals surface area contributed by atoms with E-state index in [1.807, 2.05) is 4.90 Å². The summed E-state index contributed by atoms with van der Waals surface area (Å²) >= 11 is 0. The van der Waals surface area contributed by atoms with Crippen molar-refractivity contribution in [1.82, 2.24) is 20.4 Å². The molecule has 0 aromatic rings. The Bertz CT molecular complexity index is 435. The molecular formula is C15H27ClN4O4. The van der Waals surface area contributed by atoms with Crippen LogP contribution in [-0.4, -0.2) is 78.1 Å². The number of carboxylic acid groups (broad SMARTS) is 1. The Hall–Kier alpha value is -1.54. The number of amides is 3. The Labute approximate surface area is 148 Å². The van der Waals surface area contributed by atoms with Crippen molar-refractivity contribution < 1.29 is 19.5 Å². The average Bonchev–Trinajstić information content (AvgIpc) is 2.54. The Morgan fingerprint density at radius 3 is 2.21 bits per heavy atom. The Kier molecular flexibility index (Phi) is 8.84. The molecule has 2 fully saturated rings. The minimum absolute atomic E-state index is 0. The van der Waals surface area contributed by atoms with Gasteiger partial charge in [-0.3, -0.25) is 14.5 Å². The lowest BCUT2D eigenvalue weighted by Crippen LogP contribution is -2.55. The molecule has 0 spiro atoms. The number of hydrogen-bond donors (Lipinski definition) is 3. The molecule has 0 atom stereocenters. The predicted molar refractivity (Wildman–Crippen MR) is 91.3 cm³/mol. The maximum atomic E-state index is 12.2. The summed E-state index contributed by atoms with van der Waals surface area (Å²) in [5.74, 6) is -1.35. The average molecular weight is 363 g/mol. The first-order chi connectivity index (χ1) is 11.0. The van der Waals surface area contributed by atoms with Crippen LogP contribution in [-0.2, 0) is 9.59 Å². The first-order valence-corrected chi connectivity index (χ1v) is 8.31. The van der Waals surface area contributed by atoms with E-state index in [2.05, 4.69) is 10.6 Å². The van der Waals surface area contributed by atoms with Crippen molar-refractivity contribution in [1.29, 1.82) is 0 Å². The molecule has 3 amide bonds. The molecule has 24 heavy (non-hydrogen) atoms. The first-order valence-electron chi connectivity index (χ1n) is 8.31. The number of nitrogens with one attached hydrogen (secondary N) is 2. The zero-order chi connectivity index (χ0) is 16.7. The highest BCUT2D eigenvalue weighted by atomic mass is 35.5. The second kappa shape index (κ2) is 10.4. The largest absolute Gasteiger partial charge is 0.480 e. The molecule has 1 saturated heterocycles. The smallest absolute Gasteiger partial charge is 0.322 e. The molecule has 1 saturated carbocycles. The maximum absolute atomic E-state index is 12.2. The van der Waals surface area contributed by atoms with Crippen molar-refractivity contribution in [2.75, 3.05) is 39.3 Å². The highest BCUT2D eigenvalue weighted by Crippen LogP contribution is 2.17. The summed E-state index contributed by atoms with van der Waals surface area (Å²) in [5, 5.41) is 14.0. The van der Waals surface area contributed by atoms with Crippen molar-refractivity contribution in [3.05, 3.63) is 0 Å². The molecule has 0 bridgehead atoms. The van der Waals surface area contributed by atoms with Gasteiger partial charge in [0.05, 0.1) is 6.54 Å². The van der Waals surface area contributed by atoms with Gasteiger partial charge in [0, 0.05) is 32.2 Å². The van der Waals surface area contributed by atoms with Gasteiger partial charge in [0.1, 0.15) is 6.54 Å². The minimum Gasteiger partial charge on any atom is -0.480 e.